The Morgan fingerprint density at radius 1 is 1.00 bits per heavy atom. The maximum absolute atomic E-state index is 6.02. The summed E-state index contributed by atoms with van der Waals surface area (Å²) in [5.41, 5.74) is 4.48. The summed E-state index contributed by atoms with van der Waals surface area (Å²) < 4.78 is 0.842. The second kappa shape index (κ2) is 7.17. The van der Waals surface area contributed by atoms with Crippen LogP contribution in [0.15, 0.2) is 70.5 Å². The Kier molecular flexibility index (Phi) is 4.74. The van der Waals surface area contributed by atoms with Crippen molar-refractivity contribution >= 4 is 39.2 Å². The number of hydrogen-bond acceptors (Lipinski definition) is 4. The van der Waals surface area contributed by atoms with E-state index in [4.69, 9.17) is 16.7 Å². The maximum atomic E-state index is 6.02. The van der Waals surface area contributed by atoms with Crippen LogP contribution in [0, 0.1) is 6.92 Å². The van der Waals surface area contributed by atoms with Crippen molar-refractivity contribution in [3.63, 3.8) is 0 Å². The van der Waals surface area contributed by atoms with E-state index in [-0.39, 0.29) is 6.04 Å². The lowest BCUT2D eigenvalue weighted by Gasteiger charge is -2.21. The molecule has 0 bridgehead atoms. The fraction of sp³-hybridized carbons (Fsp3) is 0.150. The van der Waals surface area contributed by atoms with Gasteiger partial charge in [0.05, 0.1) is 16.2 Å². The number of aryl methyl sites for hydroxylation is 1. The summed E-state index contributed by atoms with van der Waals surface area (Å²) in [6.07, 6.45) is 4.26. The minimum Gasteiger partial charge on any atom is -0.223 e. The molecule has 1 aromatic heterocycles. The molecule has 0 amide bonds. The molecule has 1 atom stereocenters. The van der Waals surface area contributed by atoms with E-state index < -0.39 is 0 Å². The number of halogens is 2. The Labute approximate surface area is 165 Å². The number of nitrogens with zero attached hydrogens (tertiary/aromatic N) is 4. The van der Waals surface area contributed by atoms with E-state index in [1.165, 1.54) is 11.1 Å². The molecule has 0 saturated heterocycles. The fourth-order valence-corrected chi connectivity index (χ4v) is 3.31. The predicted molar refractivity (Wildman–Crippen MR) is 109 cm³/mol. The maximum Gasteiger partial charge on any atom is 0.246 e. The van der Waals surface area contributed by atoms with Gasteiger partial charge in [-0.3, -0.25) is 0 Å². The molecule has 6 heteroatoms. The fourth-order valence-electron chi connectivity index (χ4n) is 2.98. The topological polar surface area (TPSA) is 41.4 Å². The third kappa shape index (κ3) is 3.50. The van der Waals surface area contributed by atoms with Gasteiger partial charge in [-0.1, -0.05) is 53.6 Å². The number of anilines is 1. The molecule has 0 aliphatic carbocycles. The highest BCUT2D eigenvalue weighted by Gasteiger charge is 2.31. The summed E-state index contributed by atoms with van der Waals surface area (Å²) in [6, 6.07) is 16.4. The molecular formula is C20H16BrClN4. The normalized spacial score (nSPS) is 16.7. The van der Waals surface area contributed by atoms with Crippen LogP contribution in [0.5, 0.6) is 0 Å². The minimum absolute atomic E-state index is 0.0578. The summed E-state index contributed by atoms with van der Waals surface area (Å²) in [6.45, 7) is 2.09. The van der Waals surface area contributed by atoms with Crippen LogP contribution in [-0.4, -0.2) is 15.7 Å². The summed E-state index contributed by atoms with van der Waals surface area (Å²) in [5.74, 6) is 0.586. The van der Waals surface area contributed by atoms with Gasteiger partial charge in [-0.15, -0.1) is 0 Å². The number of benzene rings is 2. The van der Waals surface area contributed by atoms with Crippen molar-refractivity contribution in [1.29, 1.82) is 0 Å². The molecule has 0 fully saturated rings. The Morgan fingerprint density at radius 2 is 1.65 bits per heavy atom. The summed E-state index contributed by atoms with van der Waals surface area (Å²) in [4.78, 5) is 8.87. The van der Waals surface area contributed by atoms with Crippen molar-refractivity contribution in [1.82, 2.24) is 9.97 Å². The van der Waals surface area contributed by atoms with Gasteiger partial charge in [-0.25, -0.2) is 15.0 Å². The van der Waals surface area contributed by atoms with E-state index in [0.717, 1.165) is 27.2 Å². The van der Waals surface area contributed by atoms with Crippen molar-refractivity contribution in [3.8, 4) is 0 Å². The molecule has 3 aromatic rings. The zero-order valence-corrected chi connectivity index (χ0v) is 16.4. The van der Waals surface area contributed by atoms with Crippen LogP contribution >= 0.6 is 27.5 Å². The average Bonchev–Trinajstić information content (AvgIpc) is 3.09. The second-order valence-corrected chi connectivity index (χ2v) is 7.58. The number of hydrazone groups is 1. The molecule has 1 aliphatic heterocycles. The summed E-state index contributed by atoms with van der Waals surface area (Å²) in [5, 5.41) is 7.46. The first-order valence-corrected chi connectivity index (χ1v) is 9.44. The van der Waals surface area contributed by atoms with Gasteiger partial charge in [0, 0.05) is 23.8 Å². The van der Waals surface area contributed by atoms with E-state index in [2.05, 4.69) is 57.1 Å². The third-order valence-corrected chi connectivity index (χ3v) is 5.02. The van der Waals surface area contributed by atoms with Crippen LogP contribution in [0.25, 0.3) is 0 Å². The van der Waals surface area contributed by atoms with Gasteiger partial charge < -0.3 is 0 Å². The molecule has 0 radical (unpaired) electrons. The standard InChI is InChI=1S/C20H16BrClN4/c1-13-2-4-15(5-3-13)19-10-18(14-6-8-17(22)9-7-14)25-26(19)20-23-11-16(21)12-24-20/h2-9,11-12,19H,10H2,1H3/t19-/m1/s1. The van der Waals surface area contributed by atoms with Crippen LogP contribution in [0.4, 0.5) is 5.95 Å². The van der Waals surface area contributed by atoms with Gasteiger partial charge >= 0.3 is 0 Å². The molecule has 0 unspecified atom stereocenters. The molecule has 0 spiro atoms. The van der Waals surface area contributed by atoms with E-state index in [1.807, 2.05) is 29.3 Å². The first-order valence-electron chi connectivity index (χ1n) is 8.27. The van der Waals surface area contributed by atoms with E-state index in [0.29, 0.717) is 5.95 Å². The number of hydrogen-bond donors (Lipinski definition) is 0. The number of rotatable bonds is 3. The third-order valence-electron chi connectivity index (χ3n) is 4.36. The Bertz CT molecular complexity index is 937. The van der Waals surface area contributed by atoms with E-state index in [1.54, 1.807) is 12.4 Å². The van der Waals surface area contributed by atoms with Gasteiger partial charge in [0.25, 0.3) is 0 Å². The molecule has 2 aromatic carbocycles. The largest absolute Gasteiger partial charge is 0.246 e. The van der Waals surface area contributed by atoms with Crippen molar-refractivity contribution in [2.45, 2.75) is 19.4 Å². The van der Waals surface area contributed by atoms with Crippen molar-refractivity contribution in [2.24, 2.45) is 5.10 Å². The highest BCUT2D eigenvalue weighted by atomic mass is 79.9. The lowest BCUT2D eigenvalue weighted by atomic mass is 9.98. The zero-order chi connectivity index (χ0) is 18.1. The van der Waals surface area contributed by atoms with E-state index >= 15 is 0 Å². The Balaban J connectivity index is 1.74. The lowest BCUT2D eigenvalue weighted by molar-refractivity contribution is 0.686. The number of aromatic nitrogens is 2. The van der Waals surface area contributed by atoms with Crippen molar-refractivity contribution in [3.05, 3.63) is 87.1 Å². The Hall–Kier alpha value is -2.24. The monoisotopic (exact) mass is 426 g/mol. The molecule has 4 nitrogen and oxygen atoms in total. The quantitative estimate of drug-likeness (QED) is 0.550. The zero-order valence-electron chi connectivity index (χ0n) is 14.1. The molecule has 1 aliphatic rings. The van der Waals surface area contributed by atoms with Gasteiger partial charge in [0.1, 0.15) is 0 Å². The molecule has 4 rings (SSSR count). The first-order chi connectivity index (χ1) is 12.6. The summed E-state index contributed by atoms with van der Waals surface area (Å²) >= 11 is 9.41. The van der Waals surface area contributed by atoms with Crippen LogP contribution in [0.3, 0.4) is 0 Å². The lowest BCUT2D eigenvalue weighted by Crippen LogP contribution is -2.20. The molecule has 2 heterocycles. The van der Waals surface area contributed by atoms with Crippen LogP contribution in [-0.2, 0) is 0 Å². The average molecular weight is 428 g/mol. The van der Waals surface area contributed by atoms with Crippen LogP contribution in [0.1, 0.15) is 29.2 Å². The Morgan fingerprint density at radius 3 is 2.31 bits per heavy atom. The van der Waals surface area contributed by atoms with Crippen LogP contribution in [0.2, 0.25) is 5.02 Å². The van der Waals surface area contributed by atoms with Gasteiger partial charge in [-0.2, -0.15) is 5.10 Å². The molecule has 0 saturated carbocycles. The molecule has 26 heavy (non-hydrogen) atoms. The minimum atomic E-state index is 0.0578. The van der Waals surface area contributed by atoms with Crippen LogP contribution < -0.4 is 5.01 Å². The second-order valence-electron chi connectivity index (χ2n) is 6.23. The summed E-state index contributed by atoms with van der Waals surface area (Å²) in [7, 11) is 0. The van der Waals surface area contributed by atoms with Crippen molar-refractivity contribution in [2.75, 3.05) is 5.01 Å². The molecule has 130 valence electrons. The van der Waals surface area contributed by atoms with Gasteiger partial charge in [0.15, 0.2) is 0 Å². The first kappa shape index (κ1) is 17.2. The molecular weight excluding hydrogens is 412 g/mol. The smallest absolute Gasteiger partial charge is 0.223 e. The highest BCUT2D eigenvalue weighted by Crippen LogP contribution is 2.35. The van der Waals surface area contributed by atoms with E-state index in [9.17, 15) is 0 Å². The van der Waals surface area contributed by atoms with Crippen molar-refractivity contribution < 1.29 is 0 Å². The van der Waals surface area contributed by atoms with Gasteiger partial charge in [0.2, 0.25) is 5.95 Å². The highest BCUT2D eigenvalue weighted by molar-refractivity contribution is 9.10. The van der Waals surface area contributed by atoms with Gasteiger partial charge in [-0.05, 0) is 46.1 Å². The molecule has 0 N–H and O–H groups in total. The SMILES string of the molecule is Cc1ccc([C@H]2CC(c3ccc(Cl)cc3)=NN2c2ncc(Br)cn2)cc1. The predicted octanol–water partition coefficient (Wildman–Crippen LogP) is 5.56.